The third-order valence-corrected chi connectivity index (χ3v) is 2.84. The van der Waals surface area contributed by atoms with E-state index in [2.05, 4.69) is 64.5 Å². The Morgan fingerprint density at radius 1 is 0.800 bits per heavy atom. The highest BCUT2D eigenvalue weighted by molar-refractivity contribution is 5.95. The molecule has 0 N–H and O–H groups in total. The van der Waals surface area contributed by atoms with Gasteiger partial charge in [-0.25, -0.2) is 0 Å². The molecule has 1 nitrogen and oxygen atoms in total. The summed E-state index contributed by atoms with van der Waals surface area (Å²) in [7, 11) is 6.62. The predicted molar refractivity (Wildman–Crippen MR) is 68.3 cm³/mol. The number of fused-ring (bicyclic) bond motifs is 1. The Morgan fingerprint density at radius 2 is 1.40 bits per heavy atom. The summed E-state index contributed by atoms with van der Waals surface area (Å²) in [6.45, 7) is 2.17. The van der Waals surface area contributed by atoms with E-state index in [1.54, 1.807) is 0 Å². The highest BCUT2D eigenvalue weighted by Gasteiger charge is 2.15. The Bertz CT molecular complexity index is 492. The lowest BCUT2D eigenvalue weighted by Crippen LogP contribution is -2.34. The van der Waals surface area contributed by atoms with Crippen LogP contribution in [0.25, 0.3) is 10.8 Å². The SMILES string of the molecule is Cc1cccc2c([N+](C)(C)C)cccc12. The van der Waals surface area contributed by atoms with E-state index in [0.29, 0.717) is 0 Å². The minimum atomic E-state index is 0.862. The fourth-order valence-electron chi connectivity index (χ4n) is 2.04. The zero-order valence-electron chi connectivity index (χ0n) is 9.91. The Balaban J connectivity index is 2.83. The third kappa shape index (κ3) is 1.75. The van der Waals surface area contributed by atoms with Crippen LogP contribution in [0.4, 0.5) is 5.69 Å². The largest absolute Gasteiger partial charge is 0.298 e. The van der Waals surface area contributed by atoms with Crippen LogP contribution in [0.3, 0.4) is 0 Å². The minimum Gasteiger partial charge on any atom is -0.298 e. The zero-order valence-corrected chi connectivity index (χ0v) is 9.91. The lowest BCUT2D eigenvalue weighted by Gasteiger charge is -2.25. The van der Waals surface area contributed by atoms with Crippen LogP contribution in [0.2, 0.25) is 0 Å². The second-order valence-electron chi connectivity index (χ2n) is 4.96. The van der Waals surface area contributed by atoms with Gasteiger partial charge in [0.25, 0.3) is 0 Å². The lowest BCUT2D eigenvalue weighted by molar-refractivity contribution is 0.490. The van der Waals surface area contributed by atoms with Gasteiger partial charge in [0, 0.05) is 5.39 Å². The molecular weight excluding hydrogens is 182 g/mol. The van der Waals surface area contributed by atoms with E-state index < -0.39 is 0 Å². The molecule has 1 heteroatoms. The number of rotatable bonds is 1. The first-order chi connectivity index (χ1) is 7.00. The van der Waals surface area contributed by atoms with Crippen molar-refractivity contribution >= 4 is 16.5 Å². The number of hydrogen-bond donors (Lipinski definition) is 0. The Hall–Kier alpha value is -1.34. The van der Waals surface area contributed by atoms with Crippen LogP contribution >= 0.6 is 0 Å². The summed E-state index contributed by atoms with van der Waals surface area (Å²) in [5, 5.41) is 2.73. The van der Waals surface area contributed by atoms with Crippen molar-refractivity contribution in [3.63, 3.8) is 0 Å². The van der Waals surface area contributed by atoms with Gasteiger partial charge in [0.05, 0.1) is 21.1 Å². The van der Waals surface area contributed by atoms with E-state index in [-0.39, 0.29) is 0 Å². The van der Waals surface area contributed by atoms with E-state index in [1.807, 2.05) is 0 Å². The maximum absolute atomic E-state index is 2.21. The predicted octanol–water partition coefficient (Wildman–Crippen LogP) is 3.34. The van der Waals surface area contributed by atoms with Gasteiger partial charge in [-0.15, -0.1) is 0 Å². The molecule has 2 aromatic carbocycles. The van der Waals surface area contributed by atoms with Crippen LogP contribution in [0.15, 0.2) is 36.4 Å². The minimum absolute atomic E-state index is 0.862. The second kappa shape index (κ2) is 3.35. The van der Waals surface area contributed by atoms with Gasteiger partial charge >= 0.3 is 0 Å². The second-order valence-corrected chi connectivity index (χ2v) is 4.96. The van der Waals surface area contributed by atoms with Gasteiger partial charge in [0.2, 0.25) is 0 Å². The van der Waals surface area contributed by atoms with Crippen LogP contribution in [0.5, 0.6) is 0 Å². The highest BCUT2D eigenvalue weighted by Crippen LogP contribution is 2.29. The Labute approximate surface area is 91.5 Å². The van der Waals surface area contributed by atoms with Crippen LogP contribution in [-0.4, -0.2) is 21.1 Å². The molecule has 0 saturated carbocycles. The normalized spacial score (nSPS) is 12.0. The number of aryl methyl sites for hydroxylation is 1. The van der Waals surface area contributed by atoms with Crippen molar-refractivity contribution in [3.8, 4) is 0 Å². The Morgan fingerprint density at radius 3 is 2.07 bits per heavy atom. The molecule has 15 heavy (non-hydrogen) atoms. The third-order valence-electron chi connectivity index (χ3n) is 2.84. The molecule has 0 radical (unpaired) electrons. The van der Waals surface area contributed by atoms with Gasteiger partial charge in [-0.1, -0.05) is 24.3 Å². The van der Waals surface area contributed by atoms with Gasteiger partial charge in [0.15, 0.2) is 0 Å². The molecule has 2 rings (SSSR count). The van der Waals surface area contributed by atoms with Crippen LogP contribution in [0, 0.1) is 6.92 Å². The summed E-state index contributed by atoms with van der Waals surface area (Å²) in [6.07, 6.45) is 0. The van der Waals surface area contributed by atoms with Crippen molar-refractivity contribution in [1.29, 1.82) is 0 Å². The van der Waals surface area contributed by atoms with E-state index in [1.165, 1.54) is 22.0 Å². The zero-order chi connectivity index (χ0) is 11.1. The summed E-state index contributed by atoms with van der Waals surface area (Å²) < 4.78 is 0.862. The average Bonchev–Trinajstić information content (AvgIpc) is 2.16. The van der Waals surface area contributed by atoms with Crippen molar-refractivity contribution < 1.29 is 0 Å². The quantitative estimate of drug-likeness (QED) is 0.619. The molecule has 2 aromatic rings. The summed E-state index contributed by atoms with van der Waals surface area (Å²) in [4.78, 5) is 0. The van der Waals surface area contributed by atoms with Crippen molar-refractivity contribution in [2.75, 3.05) is 21.1 Å². The van der Waals surface area contributed by atoms with E-state index in [4.69, 9.17) is 0 Å². The fraction of sp³-hybridized carbons (Fsp3) is 0.286. The maximum atomic E-state index is 2.21. The molecule has 0 fully saturated rings. The molecule has 0 aliphatic heterocycles. The van der Waals surface area contributed by atoms with Crippen LogP contribution in [0.1, 0.15) is 5.56 Å². The van der Waals surface area contributed by atoms with Crippen molar-refractivity contribution in [2.45, 2.75) is 6.92 Å². The van der Waals surface area contributed by atoms with Gasteiger partial charge in [-0.3, -0.25) is 4.48 Å². The van der Waals surface area contributed by atoms with Crippen LogP contribution < -0.4 is 4.48 Å². The first-order valence-electron chi connectivity index (χ1n) is 5.30. The molecule has 0 aliphatic rings. The molecule has 0 aliphatic carbocycles. The first-order valence-corrected chi connectivity index (χ1v) is 5.30. The molecule has 0 spiro atoms. The number of nitrogens with zero attached hydrogens (tertiary/aromatic N) is 1. The van der Waals surface area contributed by atoms with Gasteiger partial charge < -0.3 is 0 Å². The van der Waals surface area contributed by atoms with Crippen molar-refractivity contribution in [1.82, 2.24) is 4.48 Å². The molecular formula is C14H18N+. The number of hydrogen-bond acceptors (Lipinski definition) is 0. The Kier molecular flexibility index (Phi) is 2.28. The number of quaternary nitrogens is 1. The van der Waals surface area contributed by atoms with Crippen LogP contribution in [-0.2, 0) is 0 Å². The van der Waals surface area contributed by atoms with E-state index in [9.17, 15) is 0 Å². The van der Waals surface area contributed by atoms with Gasteiger partial charge in [0.1, 0.15) is 5.69 Å². The van der Waals surface area contributed by atoms with Crippen molar-refractivity contribution in [3.05, 3.63) is 42.0 Å². The molecule has 0 unspecified atom stereocenters. The summed E-state index contributed by atoms with van der Waals surface area (Å²) in [5.74, 6) is 0. The van der Waals surface area contributed by atoms with E-state index in [0.717, 1.165) is 4.48 Å². The highest BCUT2D eigenvalue weighted by atomic mass is 15.3. The topological polar surface area (TPSA) is 0 Å². The average molecular weight is 200 g/mol. The summed E-state index contributed by atoms with van der Waals surface area (Å²) >= 11 is 0. The van der Waals surface area contributed by atoms with E-state index >= 15 is 0 Å². The first kappa shape index (κ1) is 10.2. The fourth-order valence-corrected chi connectivity index (χ4v) is 2.04. The summed E-state index contributed by atoms with van der Waals surface area (Å²) in [6, 6.07) is 13.1. The maximum Gasteiger partial charge on any atom is 0.140 e. The molecule has 78 valence electrons. The molecule has 0 amide bonds. The summed E-state index contributed by atoms with van der Waals surface area (Å²) in [5.41, 5.74) is 2.72. The molecule has 0 saturated heterocycles. The molecule has 0 aromatic heterocycles. The van der Waals surface area contributed by atoms with Crippen molar-refractivity contribution in [2.24, 2.45) is 0 Å². The molecule has 0 bridgehead atoms. The molecule has 0 heterocycles. The van der Waals surface area contributed by atoms with Gasteiger partial charge in [-0.2, -0.15) is 0 Å². The smallest absolute Gasteiger partial charge is 0.140 e. The van der Waals surface area contributed by atoms with Gasteiger partial charge in [-0.05, 0) is 30.0 Å². The monoisotopic (exact) mass is 200 g/mol. The number of benzene rings is 2. The standard InChI is InChI=1S/C14H18N/c1-11-7-5-9-13-12(11)8-6-10-14(13)15(2,3)4/h5-10H,1-4H3/q+1. The lowest BCUT2D eigenvalue weighted by atomic mass is 10.0. The molecule has 0 atom stereocenters.